The number of halogens is 1. The number of nitrogens with zero attached hydrogens (tertiary/aromatic N) is 1. The molecule has 26 heavy (non-hydrogen) atoms. The summed E-state index contributed by atoms with van der Waals surface area (Å²) < 4.78 is 0. The molecule has 2 amide bonds. The highest BCUT2D eigenvalue weighted by Gasteiger charge is 2.27. The van der Waals surface area contributed by atoms with E-state index in [1.54, 1.807) is 24.1 Å². The minimum Gasteiger partial charge on any atom is -0.357 e. The van der Waals surface area contributed by atoms with Crippen molar-refractivity contribution in [2.45, 2.75) is 30.8 Å². The Morgan fingerprint density at radius 1 is 1.12 bits per heavy atom. The Kier molecular flexibility index (Phi) is 8.01. The fourth-order valence-corrected chi connectivity index (χ4v) is 3.54. The van der Waals surface area contributed by atoms with Crippen LogP contribution in [0.25, 0.3) is 0 Å². The molecule has 0 aliphatic heterocycles. The Balaban J connectivity index is 2.13. The van der Waals surface area contributed by atoms with E-state index in [1.165, 1.54) is 11.8 Å². The number of hydrogen-bond donors (Lipinski definition) is 1. The summed E-state index contributed by atoms with van der Waals surface area (Å²) in [4.78, 5) is 27.8. The van der Waals surface area contributed by atoms with Crippen LogP contribution in [0.1, 0.15) is 18.9 Å². The molecule has 2 aromatic rings. The third-order valence-electron chi connectivity index (χ3n) is 4.00. The van der Waals surface area contributed by atoms with Crippen molar-refractivity contribution in [2.75, 3.05) is 12.8 Å². The van der Waals surface area contributed by atoms with Crippen LogP contribution in [0.3, 0.4) is 0 Å². The van der Waals surface area contributed by atoms with E-state index in [0.29, 0.717) is 18.0 Å². The van der Waals surface area contributed by atoms with E-state index in [0.717, 1.165) is 10.5 Å². The standard InChI is InChI=1S/C20H23ClN2O2S/c1-3-18(20(25)22-2)23(13-15-7-5-4-6-8-15)19(24)14-26-17-11-9-16(21)10-12-17/h4-12,18H,3,13-14H2,1-2H3,(H,22,25). The number of benzene rings is 2. The largest absolute Gasteiger partial charge is 0.357 e. The Hall–Kier alpha value is -1.98. The molecule has 0 saturated carbocycles. The van der Waals surface area contributed by atoms with Gasteiger partial charge < -0.3 is 10.2 Å². The Bertz CT molecular complexity index is 722. The van der Waals surface area contributed by atoms with Crippen LogP contribution in [0, 0.1) is 0 Å². The van der Waals surface area contributed by atoms with E-state index in [1.807, 2.05) is 49.4 Å². The zero-order valence-corrected chi connectivity index (χ0v) is 16.5. The third kappa shape index (κ3) is 5.78. The maximum absolute atomic E-state index is 12.9. The van der Waals surface area contributed by atoms with Crippen molar-refractivity contribution in [2.24, 2.45) is 0 Å². The van der Waals surface area contributed by atoms with Gasteiger partial charge in [-0.2, -0.15) is 0 Å². The Morgan fingerprint density at radius 2 is 1.77 bits per heavy atom. The average Bonchev–Trinajstić information content (AvgIpc) is 2.67. The predicted molar refractivity (Wildman–Crippen MR) is 107 cm³/mol. The fourth-order valence-electron chi connectivity index (χ4n) is 2.63. The molecule has 0 aliphatic rings. The molecular weight excluding hydrogens is 368 g/mol. The molecule has 0 heterocycles. The van der Waals surface area contributed by atoms with Crippen molar-refractivity contribution in [3.05, 3.63) is 65.2 Å². The summed E-state index contributed by atoms with van der Waals surface area (Å²) in [6, 6.07) is 16.6. The first kappa shape index (κ1) is 20.3. The molecule has 1 atom stereocenters. The lowest BCUT2D eigenvalue weighted by atomic mass is 10.1. The minimum atomic E-state index is -0.487. The van der Waals surface area contributed by atoms with Gasteiger partial charge in [0.2, 0.25) is 11.8 Å². The zero-order valence-electron chi connectivity index (χ0n) is 14.9. The van der Waals surface area contributed by atoms with Gasteiger partial charge in [0, 0.05) is 23.5 Å². The zero-order chi connectivity index (χ0) is 18.9. The Labute approximate surface area is 163 Å². The van der Waals surface area contributed by atoms with Gasteiger partial charge in [-0.1, -0.05) is 48.9 Å². The van der Waals surface area contributed by atoms with Gasteiger partial charge in [-0.3, -0.25) is 9.59 Å². The van der Waals surface area contributed by atoms with Gasteiger partial charge in [-0.15, -0.1) is 11.8 Å². The molecule has 0 spiro atoms. The number of likely N-dealkylation sites (N-methyl/N-ethyl adjacent to an activating group) is 1. The molecule has 0 radical (unpaired) electrons. The molecule has 0 aromatic heterocycles. The van der Waals surface area contributed by atoms with Crippen LogP contribution in [0.4, 0.5) is 0 Å². The molecule has 0 bridgehead atoms. The summed E-state index contributed by atoms with van der Waals surface area (Å²) in [6.45, 7) is 2.32. The van der Waals surface area contributed by atoms with E-state index in [4.69, 9.17) is 11.6 Å². The monoisotopic (exact) mass is 390 g/mol. The highest BCUT2D eigenvalue weighted by molar-refractivity contribution is 8.00. The lowest BCUT2D eigenvalue weighted by molar-refractivity contribution is -0.139. The predicted octanol–water partition coefficient (Wildman–Crippen LogP) is 3.99. The molecule has 1 N–H and O–H groups in total. The molecule has 0 aliphatic carbocycles. The number of carbonyl (C=O) groups excluding carboxylic acids is 2. The van der Waals surface area contributed by atoms with E-state index in [-0.39, 0.29) is 17.6 Å². The molecule has 2 rings (SSSR count). The summed E-state index contributed by atoms with van der Waals surface area (Å²) >= 11 is 7.34. The maximum atomic E-state index is 12.9. The van der Waals surface area contributed by atoms with Crippen molar-refractivity contribution in [3.63, 3.8) is 0 Å². The highest BCUT2D eigenvalue weighted by atomic mass is 35.5. The molecular formula is C20H23ClN2O2S. The van der Waals surface area contributed by atoms with Gasteiger partial charge in [-0.25, -0.2) is 0 Å². The van der Waals surface area contributed by atoms with Crippen molar-refractivity contribution in [1.29, 1.82) is 0 Å². The topological polar surface area (TPSA) is 49.4 Å². The first-order valence-corrected chi connectivity index (χ1v) is 9.84. The second kappa shape index (κ2) is 10.2. The van der Waals surface area contributed by atoms with Gasteiger partial charge in [0.05, 0.1) is 5.75 Å². The lowest BCUT2D eigenvalue weighted by Gasteiger charge is -2.30. The second-order valence-electron chi connectivity index (χ2n) is 5.79. The van der Waals surface area contributed by atoms with Crippen molar-refractivity contribution in [1.82, 2.24) is 10.2 Å². The van der Waals surface area contributed by atoms with Crippen LogP contribution in [0.15, 0.2) is 59.5 Å². The average molecular weight is 391 g/mol. The van der Waals surface area contributed by atoms with Gasteiger partial charge in [0.25, 0.3) is 0 Å². The molecule has 0 saturated heterocycles. The summed E-state index contributed by atoms with van der Waals surface area (Å²) in [6.07, 6.45) is 0.559. The van der Waals surface area contributed by atoms with Crippen molar-refractivity contribution < 1.29 is 9.59 Å². The second-order valence-corrected chi connectivity index (χ2v) is 7.27. The van der Waals surface area contributed by atoms with Crippen LogP contribution >= 0.6 is 23.4 Å². The highest BCUT2D eigenvalue weighted by Crippen LogP contribution is 2.22. The number of rotatable bonds is 8. The lowest BCUT2D eigenvalue weighted by Crippen LogP contribution is -2.48. The molecule has 4 nitrogen and oxygen atoms in total. The van der Waals surface area contributed by atoms with E-state index in [9.17, 15) is 9.59 Å². The summed E-state index contributed by atoms with van der Waals surface area (Å²) in [5.74, 6) is 0.0552. The van der Waals surface area contributed by atoms with Gasteiger partial charge in [0.15, 0.2) is 0 Å². The Morgan fingerprint density at radius 3 is 2.35 bits per heavy atom. The summed E-state index contributed by atoms with van der Waals surface area (Å²) in [5, 5.41) is 3.33. The number of thioether (sulfide) groups is 1. The molecule has 2 aromatic carbocycles. The van der Waals surface area contributed by atoms with Crippen LogP contribution in [0.2, 0.25) is 5.02 Å². The SMILES string of the molecule is CCC(C(=O)NC)N(Cc1ccccc1)C(=O)CSc1ccc(Cl)cc1. The smallest absolute Gasteiger partial charge is 0.242 e. The van der Waals surface area contributed by atoms with Gasteiger partial charge >= 0.3 is 0 Å². The molecule has 6 heteroatoms. The van der Waals surface area contributed by atoms with Crippen molar-refractivity contribution in [3.8, 4) is 0 Å². The summed E-state index contributed by atoms with van der Waals surface area (Å²) in [5.41, 5.74) is 1.000. The van der Waals surface area contributed by atoms with Crippen LogP contribution in [0.5, 0.6) is 0 Å². The van der Waals surface area contributed by atoms with E-state index >= 15 is 0 Å². The maximum Gasteiger partial charge on any atom is 0.242 e. The van der Waals surface area contributed by atoms with E-state index in [2.05, 4.69) is 5.32 Å². The number of amides is 2. The van der Waals surface area contributed by atoms with Gasteiger partial charge in [-0.05, 0) is 36.2 Å². The first-order valence-electron chi connectivity index (χ1n) is 8.48. The molecule has 138 valence electrons. The summed E-state index contributed by atoms with van der Waals surface area (Å²) in [7, 11) is 1.60. The van der Waals surface area contributed by atoms with E-state index < -0.39 is 6.04 Å². The minimum absolute atomic E-state index is 0.0655. The molecule has 0 fully saturated rings. The molecule has 1 unspecified atom stereocenters. The van der Waals surface area contributed by atoms with Crippen LogP contribution < -0.4 is 5.32 Å². The first-order chi connectivity index (χ1) is 12.5. The third-order valence-corrected chi connectivity index (χ3v) is 5.25. The van der Waals surface area contributed by atoms with Gasteiger partial charge in [0.1, 0.15) is 6.04 Å². The van der Waals surface area contributed by atoms with Crippen LogP contribution in [-0.2, 0) is 16.1 Å². The van der Waals surface area contributed by atoms with Crippen LogP contribution in [-0.4, -0.2) is 35.6 Å². The number of carbonyl (C=O) groups is 2. The fraction of sp³-hybridized carbons (Fsp3) is 0.300. The number of nitrogens with one attached hydrogen (secondary N) is 1. The number of hydrogen-bond acceptors (Lipinski definition) is 3. The van der Waals surface area contributed by atoms with Crippen molar-refractivity contribution >= 4 is 35.2 Å². The quantitative estimate of drug-likeness (QED) is 0.693. The normalized spacial score (nSPS) is 11.7.